The zero-order chi connectivity index (χ0) is 16.2. The second-order valence-corrected chi connectivity index (χ2v) is 5.46. The van der Waals surface area contributed by atoms with Gasteiger partial charge in [-0.25, -0.2) is 9.59 Å². The predicted octanol–water partition coefficient (Wildman–Crippen LogP) is 1.39. The number of hydrogen-bond donors (Lipinski definition) is 4. The first kappa shape index (κ1) is 16.9. The van der Waals surface area contributed by atoms with Crippen LogP contribution in [-0.4, -0.2) is 33.0 Å². The van der Waals surface area contributed by atoms with Gasteiger partial charge in [-0.3, -0.25) is 0 Å². The molecule has 0 saturated carbocycles. The first-order valence-electron chi connectivity index (χ1n) is 6.29. The van der Waals surface area contributed by atoms with Crippen molar-refractivity contribution in [1.82, 2.24) is 5.32 Å². The molecule has 0 bridgehead atoms. The Bertz CT molecular complexity index is 533. The molecule has 7 heteroatoms. The van der Waals surface area contributed by atoms with Crippen LogP contribution >= 0.6 is 0 Å². The van der Waals surface area contributed by atoms with Gasteiger partial charge in [0, 0.05) is 12.1 Å². The molecule has 4 N–H and O–H groups in total. The monoisotopic (exact) mass is 297 g/mol. The van der Waals surface area contributed by atoms with Crippen molar-refractivity contribution in [2.45, 2.75) is 39.2 Å². The molecular formula is C14H19NO6. The highest BCUT2D eigenvalue weighted by atomic mass is 16.6. The number of alkyl carbamates (subject to hydrolysis) is 1. The van der Waals surface area contributed by atoms with Gasteiger partial charge in [0.05, 0.1) is 5.56 Å². The van der Waals surface area contributed by atoms with Gasteiger partial charge in [-0.1, -0.05) is 12.1 Å². The fourth-order valence-corrected chi connectivity index (χ4v) is 1.61. The first-order valence-corrected chi connectivity index (χ1v) is 6.29. The molecular weight excluding hydrogens is 278 g/mol. The highest BCUT2D eigenvalue weighted by Gasteiger charge is 2.18. The summed E-state index contributed by atoms with van der Waals surface area (Å²) < 4.78 is 5.05. The van der Waals surface area contributed by atoms with Gasteiger partial charge in [0.15, 0.2) is 6.29 Å². The number of hydrogen-bond acceptors (Lipinski definition) is 5. The number of carbonyl (C=O) groups is 2. The SMILES string of the molecule is CC(C)(C)OC(=O)NCc1ccc(C(O)O)c(C(=O)O)c1. The van der Waals surface area contributed by atoms with E-state index in [1.807, 2.05) is 0 Å². The number of amides is 1. The molecule has 0 unspecified atom stereocenters. The Balaban J connectivity index is 2.79. The number of nitrogens with one attached hydrogen (secondary N) is 1. The van der Waals surface area contributed by atoms with E-state index in [-0.39, 0.29) is 17.7 Å². The van der Waals surface area contributed by atoms with Crippen LogP contribution < -0.4 is 5.32 Å². The summed E-state index contributed by atoms with van der Waals surface area (Å²) in [4.78, 5) is 22.6. The minimum Gasteiger partial charge on any atom is -0.478 e. The van der Waals surface area contributed by atoms with Gasteiger partial charge in [-0.05, 0) is 32.4 Å². The van der Waals surface area contributed by atoms with Crippen LogP contribution in [-0.2, 0) is 11.3 Å². The lowest BCUT2D eigenvalue weighted by Crippen LogP contribution is -2.32. The van der Waals surface area contributed by atoms with E-state index in [2.05, 4.69) is 5.32 Å². The molecule has 1 rings (SSSR count). The summed E-state index contributed by atoms with van der Waals surface area (Å²) in [5, 5.41) is 29.7. The normalized spacial score (nSPS) is 11.3. The van der Waals surface area contributed by atoms with E-state index in [1.54, 1.807) is 20.8 Å². The van der Waals surface area contributed by atoms with Crippen molar-refractivity contribution in [2.75, 3.05) is 0 Å². The van der Waals surface area contributed by atoms with Crippen LogP contribution in [0.1, 0.15) is 48.5 Å². The standard InChI is InChI=1S/C14H19NO6/c1-14(2,3)21-13(20)15-7-8-4-5-9(11(16)17)10(6-8)12(18)19/h4-6,11,16-17H,7H2,1-3H3,(H,15,20)(H,18,19). The highest BCUT2D eigenvalue weighted by Crippen LogP contribution is 2.18. The number of carbonyl (C=O) groups excluding carboxylic acids is 1. The summed E-state index contributed by atoms with van der Waals surface area (Å²) in [7, 11) is 0. The summed E-state index contributed by atoms with van der Waals surface area (Å²) in [5.41, 5.74) is -0.457. The molecule has 0 aliphatic heterocycles. The molecule has 0 aliphatic carbocycles. The Labute approximate surface area is 122 Å². The van der Waals surface area contributed by atoms with Crippen molar-refractivity contribution < 1.29 is 29.6 Å². The van der Waals surface area contributed by atoms with Crippen molar-refractivity contribution in [1.29, 1.82) is 0 Å². The maximum Gasteiger partial charge on any atom is 0.407 e. The maximum atomic E-state index is 11.5. The van der Waals surface area contributed by atoms with Crippen molar-refractivity contribution in [3.63, 3.8) is 0 Å². The fourth-order valence-electron chi connectivity index (χ4n) is 1.61. The molecule has 1 aromatic carbocycles. The van der Waals surface area contributed by atoms with Crippen molar-refractivity contribution in [2.24, 2.45) is 0 Å². The largest absolute Gasteiger partial charge is 0.478 e. The maximum absolute atomic E-state index is 11.5. The number of carboxylic acid groups (broad SMARTS) is 1. The lowest BCUT2D eigenvalue weighted by Gasteiger charge is -2.19. The number of aliphatic hydroxyl groups excluding tert-OH is 1. The summed E-state index contributed by atoms with van der Waals surface area (Å²) in [6.45, 7) is 5.25. The van der Waals surface area contributed by atoms with Crippen molar-refractivity contribution >= 4 is 12.1 Å². The van der Waals surface area contributed by atoms with Gasteiger partial charge in [-0.2, -0.15) is 0 Å². The number of aliphatic hydroxyl groups is 2. The van der Waals surface area contributed by atoms with Crippen molar-refractivity contribution in [3.8, 4) is 0 Å². The van der Waals surface area contributed by atoms with E-state index in [4.69, 9.17) is 20.1 Å². The molecule has 116 valence electrons. The van der Waals surface area contributed by atoms with Crippen LogP contribution in [0.3, 0.4) is 0 Å². The van der Waals surface area contributed by atoms with E-state index >= 15 is 0 Å². The number of benzene rings is 1. The van der Waals surface area contributed by atoms with Crippen LogP contribution in [0.15, 0.2) is 18.2 Å². The van der Waals surface area contributed by atoms with Gasteiger partial charge in [0.1, 0.15) is 5.60 Å². The highest BCUT2D eigenvalue weighted by molar-refractivity contribution is 5.89. The van der Waals surface area contributed by atoms with Gasteiger partial charge >= 0.3 is 12.1 Å². The molecule has 0 aromatic heterocycles. The first-order chi connectivity index (χ1) is 9.60. The third-order valence-corrected chi connectivity index (χ3v) is 2.46. The zero-order valence-electron chi connectivity index (χ0n) is 12.1. The molecule has 7 nitrogen and oxygen atoms in total. The summed E-state index contributed by atoms with van der Waals surface area (Å²) in [6.07, 6.45) is -2.49. The Morgan fingerprint density at radius 2 is 1.90 bits per heavy atom. The average molecular weight is 297 g/mol. The van der Waals surface area contributed by atoms with Gasteiger partial charge < -0.3 is 25.4 Å². The Morgan fingerprint density at radius 1 is 1.29 bits per heavy atom. The molecule has 0 atom stereocenters. The lowest BCUT2D eigenvalue weighted by molar-refractivity contribution is -0.0432. The van der Waals surface area contributed by atoms with Crippen LogP contribution in [0.4, 0.5) is 4.79 Å². The molecule has 1 aromatic rings. The Hall–Kier alpha value is -2.12. The molecule has 0 fully saturated rings. The van der Waals surface area contributed by atoms with Crippen molar-refractivity contribution in [3.05, 3.63) is 34.9 Å². The molecule has 1 amide bonds. The van der Waals surface area contributed by atoms with Crippen LogP contribution in [0, 0.1) is 0 Å². The predicted molar refractivity (Wildman–Crippen MR) is 73.7 cm³/mol. The van der Waals surface area contributed by atoms with E-state index in [0.717, 1.165) is 0 Å². The summed E-state index contributed by atoms with van der Waals surface area (Å²) in [6, 6.07) is 4.06. The molecule has 0 aliphatic rings. The minimum absolute atomic E-state index is 0.0665. The third kappa shape index (κ3) is 5.41. The zero-order valence-corrected chi connectivity index (χ0v) is 12.1. The number of carboxylic acids is 1. The van der Waals surface area contributed by atoms with Gasteiger partial charge in [0.25, 0.3) is 0 Å². The molecule has 0 saturated heterocycles. The quantitative estimate of drug-likeness (QED) is 0.624. The number of ether oxygens (including phenoxy) is 1. The molecule has 21 heavy (non-hydrogen) atoms. The Kier molecular flexibility index (Phi) is 5.28. The van der Waals surface area contributed by atoms with Crippen LogP contribution in [0.25, 0.3) is 0 Å². The number of rotatable bonds is 4. The molecule has 0 radical (unpaired) electrons. The summed E-state index contributed by atoms with van der Waals surface area (Å²) in [5.74, 6) is -1.28. The molecule has 0 spiro atoms. The van der Waals surface area contributed by atoms with Gasteiger partial charge in [-0.15, -0.1) is 0 Å². The van der Waals surface area contributed by atoms with E-state index in [1.165, 1.54) is 18.2 Å². The second-order valence-electron chi connectivity index (χ2n) is 5.46. The second kappa shape index (κ2) is 6.55. The average Bonchev–Trinajstić information content (AvgIpc) is 2.33. The topological polar surface area (TPSA) is 116 Å². The van der Waals surface area contributed by atoms with Crippen LogP contribution in [0.2, 0.25) is 0 Å². The van der Waals surface area contributed by atoms with Crippen LogP contribution in [0.5, 0.6) is 0 Å². The third-order valence-electron chi connectivity index (χ3n) is 2.46. The fraction of sp³-hybridized carbons (Fsp3) is 0.429. The Morgan fingerprint density at radius 3 is 2.38 bits per heavy atom. The minimum atomic E-state index is -1.87. The summed E-state index contributed by atoms with van der Waals surface area (Å²) >= 11 is 0. The van der Waals surface area contributed by atoms with E-state index < -0.39 is 24.0 Å². The smallest absolute Gasteiger partial charge is 0.407 e. The number of aromatic carboxylic acids is 1. The molecule has 0 heterocycles. The lowest BCUT2D eigenvalue weighted by atomic mass is 10.0. The van der Waals surface area contributed by atoms with Gasteiger partial charge in [0.2, 0.25) is 0 Å². The van der Waals surface area contributed by atoms with E-state index in [0.29, 0.717) is 5.56 Å². The van der Waals surface area contributed by atoms with E-state index in [9.17, 15) is 9.59 Å².